The smallest absolute Gasteiger partial charge is 0.0613 e. The summed E-state index contributed by atoms with van der Waals surface area (Å²) in [5.41, 5.74) is 6.94. The van der Waals surface area contributed by atoms with E-state index in [9.17, 15) is 0 Å². The summed E-state index contributed by atoms with van der Waals surface area (Å²) in [4.78, 5) is 0. The monoisotopic (exact) mass is 449 g/mol. The normalized spacial score (nSPS) is 11.8. The number of hydrogen-bond donors (Lipinski definition) is 0. The highest BCUT2D eigenvalue weighted by atomic mass is 35.5. The maximum Gasteiger partial charge on any atom is 0.0613 e. The Morgan fingerprint density at radius 2 is 1.42 bits per heavy atom. The minimum absolute atomic E-state index is 0.736. The zero-order valence-electron chi connectivity index (χ0n) is 19.3. The van der Waals surface area contributed by atoms with E-state index in [0.717, 1.165) is 21.9 Å². The van der Waals surface area contributed by atoms with Gasteiger partial charge in [0.25, 0.3) is 0 Å². The predicted molar refractivity (Wildman–Crippen MR) is 147 cm³/mol. The van der Waals surface area contributed by atoms with E-state index >= 15 is 0 Å². The van der Waals surface area contributed by atoms with Gasteiger partial charge in [0.1, 0.15) is 0 Å². The number of nitrogens with zero attached hydrogens (tertiary/aromatic N) is 1. The lowest BCUT2D eigenvalue weighted by atomic mass is 10.0. The third-order valence-electron chi connectivity index (χ3n) is 5.71. The number of aromatic nitrogens is 1. The van der Waals surface area contributed by atoms with E-state index in [0.29, 0.717) is 0 Å². The van der Waals surface area contributed by atoms with Gasteiger partial charge in [0.2, 0.25) is 0 Å². The molecule has 0 aliphatic carbocycles. The van der Waals surface area contributed by atoms with Crippen LogP contribution in [0.1, 0.15) is 26.5 Å². The maximum atomic E-state index is 6.19. The van der Waals surface area contributed by atoms with Crippen molar-refractivity contribution in [2.45, 2.75) is 20.8 Å². The molecule has 0 saturated heterocycles. The molecule has 5 rings (SSSR count). The summed E-state index contributed by atoms with van der Waals surface area (Å²) in [6.45, 7) is 10.0. The molecule has 2 aromatic heterocycles. The van der Waals surface area contributed by atoms with E-state index in [1.54, 1.807) is 0 Å². The highest BCUT2D eigenvalue weighted by Crippen LogP contribution is 2.39. The van der Waals surface area contributed by atoms with Crippen LogP contribution in [0.2, 0.25) is 5.02 Å². The van der Waals surface area contributed by atoms with Crippen molar-refractivity contribution in [1.82, 2.24) is 4.40 Å². The van der Waals surface area contributed by atoms with E-state index in [-0.39, 0.29) is 0 Å². The van der Waals surface area contributed by atoms with Gasteiger partial charge in [-0.2, -0.15) is 0 Å². The fourth-order valence-corrected chi connectivity index (χ4v) is 4.58. The predicted octanol–water partition coefficient (Wildman–Crippen LogP) is 9.74. The second kappa shape index (κ2) is 9.94. The number of rotatable bonds is 4. The molecule has 2 heterocycles. The third-order valence-corrected chi connectivity index (χ3v) is 5.96. The van der Waals surface area contributed by atoms with Crippen LogP contribution in [-0.4, -0.2) is 4.40 Å². The van der Waals surface area contributed by atoms with Crippen LogP contribution in [0.5, 0.6) is 0 Å². The minimum atomic E-state index is 0.736. The zero-order valence-corrected chi connectivity index (χ0v) is 20.1. The molecule has 5 aromatic rings. The lowest BCUT2D eigenvalue weighted by Gasteiger charge is -2.13. The summed E-state index contributed by atoms with van der Waals surface area (Å²) in [5, 5.41) is 4.47. The van der Waals surface area contributed by atoms with Crippen LogP contribution in [0.15, 0.2) is 110 Å². The van der Waals surface area contributed by atoms with Crippen molar-refractivity contribution < 1.29 is 0 Å². The molecule has 0 spiro atoms. The molecule has 3 aromatic carbocycles. The molecule has 0 saturated carbocycles. The Morgan fingerprint density at radius 3 is 2.06 bits per heavy atom. The van der Waals surface area contributed by atoms with Crippen molar-refractivity contribution in [2.24, 2.45) is 0 Å². The molecule has 0 aliphatic rings. The van der Waals surface area contributed by atoms with Crippen LogP contribution in [0.3, 0.4) is 0 Å². The average molecular weight is 450 g/mol. The number of para-hydroxylation sites is 1. The van der Waals surface area contributed by atoms with E-state index in [1.165, 1.54) is 32.8 Å². The van der Waals surface area contributed by atoms with Gasteiger partial charge in [-0.1, -0.05) is 111 Å². The highest BCUT2D eigenvalue weighted by Gasteiger charge is 2.19. The first kappa shape index (κ1) is 22.6. The first-order valence-electron chi connectivity index (χ1n) is 11.4. The molecule has 0 aliphatic heterocycles. The van der Waals surface area contributed by atoms with Crippen LogP contribution < -0.4 is 0 Å². The molecule has 0 bridgehead atoms. The standard InChI is InChI=1S/C29H22ClN.C2H6/c1-3-9-21(10-4-2)29-26(20-15-17-22(30)18-16-20)19-28-25-13-6-5-11-23(25)24-12-7-8-14-27(24)31(28)29;1-2/h3-19H,1H2,2H3;1-2H3/b10-4-,21-9+;. The SMILES string of the molecule is C=C/C=C(\C=C/C)c1c(-c2ccc(Cl)cc2)cc2c3ccccc3c3ccccc3n12.CC. The van der Waals surface area contributed by atoms with Gasteiger partial charge in [0.15, 0.2) is 0 Å². The van der Waals surface area contributed by atoms with Gasteiger partial charge < -0.3 is 4.40 Å². The second-order valence-corrected chi connectivity index (χ2v) is 7.99. The Kier molecular flexibility index (Phi) is 6.82. The number of allylic oxidation sites excluding steroid dienone is 5. The lowest BCUT2D eigenvalue weighted by Crippen LogP contribution is -1.96. The van der Waals surface area contributed by atoms with Crippen molar-refractivity contribution in [3.05, 3.63) is 120 Å². The molecule has 2 heteroatoms. The maximum absolute atomic E-state index is 6.19. The van der Waals surface area contributed by atoms with E-state index in [2.05, 4.69) is 95.9 Å². The zero-order chi connectivity index (χ0) is 23.4. The first-order chi connectivity index (χ1) is 16.2. The van der Waals surface area contributed by atoms with Gasteiger partial charge in [-0.25, -0.2) is 0 Å². The lowest BCUT2D eigenvalue weighted by molar-refractivity contribution is 1.24. The number of benzene rings is 3. The molecule has 0 radical (unpaired) electrons. The first-order valence-corrected chi connectivity index (χ1v) is 11.8. The summed E-state index contributed by atoms with van der Waals surface area (Å²) in [7, 11) is 0. The molecular formula is C31H28ClN. The molecule has 0 amide bonds. The van der Waals surface area contributed by atoms with Gasteiger partial charge in [-0.3, -0.25) is 0 Å². The summed E-state index contributed by atoms with van der Waals surface area (Å²) in [6.07, 6.45) is 8.14. The Morgan fingerprint density at radius 1 is 0.818 bits per heavy atom. The van der Waals surface area contributed by atoms with Crippen molar-refractivity contribution in [1.29, 1.82) is 0 Å². The summed E-state index contributed by atoms with van der Waals surface area (Å²) < 4.78 is 2.39. The van der Waals surface area contributed by atoms with Crippen molar-refractivity contribution in [3.8, 4) is 11.1 Å². The van der Waals surface area contributed by atoms with Crippen molar-refractivity contribution in [2.75, 3.05) is 0 Å². The summed E-state index contributed by atoms with van der Waals surface area (Å²) in [6, 6.07) is 27.6. The van der Waals surface area contributed by atoms with E-state index in [1.807, 2.05) is 39.0 Å². The molecule has 1 nitrogen and oxygen atoms in total. The van der Waals surface area contributed by atoms with Crippen LogP contribution in [0.4, 0.5) is 0 Å². The van der Waals surface area contributed by atoms with Crippen molar-refractivity contribution >= 4 is 44.4 Å². The van der Waals surface area contributed by atoms with Crippen molar-refractivity contribution in [3.63, 3.8) is 0 Å². The number of pyridine rings is 1. The Balaban J connectivity index is 0.00000126. The topological polar surface area (TPSA) is 4.41 Å². The van der Waals surface area contributed by atoms with Crippen LogP contribution in [0.25, 0.3) is 43.9 Å². The van der Waals surface area contributed by atoms with Gasteiger partial charge in [0.05, 0.1) is 16.7 Å². The van der Waals surface area contributed by atoms with Gasteiger partial charge in [-0.15, -0.1) is 0 Å². The Hall–Kier alpha value is -3.55. The molecule has 164 valence electrons. The highest BCUT2D eigenvalue weighted by molar-refractivity contribution is 6.30. The summed E-state index contributed by atoms with van der Waals surface area (Å²) in [5.74, 6) is 0. The molecule has 0 unspecified atom stereocenters. The summed E-state index contributed by atoms with van der Waals surface area (Å²) >= 11 is 6.19. The average Bonchev–Trinajstić information content (AvgIpc) is 3.27. The molecule has 33 heavy (non-hydrogen) atoms. The van der Waals surface area contributed by atoms with Crippen LogP contribution in [-0.2, 0) is 0 Å². The van der Waals surface area contributed by atoms with Gasteiger partial charge >= 0.3 is 0 Å². The van der Waals surface area contributed by atoms with Gasteiger partial charge in [-0.05, 0) is 47.7 Å². The number of halogens is 1. The van der Waals surface area contributed by atoms with E-state index in [4.69, 9.17) is 11.6 Å². The largest absolute Gasteiger partial charge is 0.308 e. The number of hydrogen-bond acceptors (Lipinski definition) is 0. The fraction of sp³-hybridized carbons (Fsp3) is 0.0968. The van der Waals surface area contributed by atoms with Gasteiger partial charge in [0, 0.05) is 21.4 Å². The molecular weight excluding hydrogens is 422 g/mol. The minimum Gasteiger partial charge on any atom is -0.308 e. The molecule has 0 fully saturated rings. The number of fused-ring (bicyclic) bond motifs is 6. The quantitative estimate of drug-likeness (QED) is 0.190. The molecule has 0 atom stereocenters. The van der Waals surface area contributed by atoms with Crippen LogP contribution >= 0.6 is 11.6 Å². The van der Waals surface area contributed by atoms with E-state index < -0.39 is 0 Å². The Bertz CT molecular complexity index is 1500. The third kappa shape index (κ3) is 4.01. The fourth-order valence-electron chi connectivity index (χ4n) is 4.45. The molecule has 0 N–H and O–H groups in total. The Labute approximate surface area is 200 Å². The van der Waals surface area contributed by atoms with Crippen LogP contribution in [0, 0.1) is 0 Å². The second-order valence-electron chi connectivity index (χ2n) is 7.55.